The summed E-state index contributed by atoms with van der Waals surface area (Å²) in [6.07, 6.45) is -0.186. The molecule has 2 aliphatic rings. The lowest BCUT2D eigenvalue weighted by Crippen LogP contribution is -2.37. The van der Waals surface area contributed by atoms with Gasteiger partial charge in [-0.25, -0.2) is 0 Å². The van der Waals surface area contributed by atoms with Gasteiger partial charge >= 0.3 is 0 Å². The van der Waals surface area contributed by atoms with Crippen LogP contribution in [0.5, 0.6) is 5.75 Å². The third-order valence-corrected chi connectivity index (χ3v) is 3.75. The van der Waals surface area contributed by atoms with Gasteiger partial charge in [0.1, 0.15) is 18.5 Å². The summed E-state index contributed by atoms with van der Waals surface area (Å²) in [5, 5.41) is 0. The second-order valence-corrected chi connectivity index (χ2v) is 4.91. The van der Waals surface area contributed by atoms with E-state index in [1.165, 1.54) is 0 Å². The van der Waals surface area contributed by atoms with Gasteiger partial charge in [-0.2, -0.15) is 0 Å². The quantitative estimate of drug-likeness (QED) is 0.732. The molecule has 3 nitrogen and oxygen atoms in total. The Hall–Kier alpha value is -2.13. The van der Waals surface area contributed by atoms with Crippen LogP contribution in [0.15, 0.2) is 54.6 Å². The lowest BCUT2D eigenvalue weighted by atomic mass is 9.89. The Morgan fingerprint density at radius 1 is 1.00 bits per heavy atom. The molecule has 19 heavy (non-hydrogen) atoms. The van der Waals surface area contributed by atoms with Crippen molar-refractivity contribution in [1.82, 2.24) is 0 Å². The number of carbonyl (C=O) groups excluding carboxylic acids is 1. The van der Waals surface area contributed by atoms with E-state index >= 15 is 0 Å². The van der Waals surface area contributed by atoms with Gasteiger partial charge in [0.15, 0.2) is 5.60 Å². The van der Waals surface area contributed by atoms with E-state index in [1.54, 1.807) is 6.07 Å². The van der Waals surface area contributed by atoms with Gasteiger partial charge < -0.3 is 9.47 Å². The number of para-hydroxylation sites is 1. The van der Waals surface area contributed by atoms with Gasteiger partial charge in [0.25, 0.3) is 0 Å². The van der Waals surface area contributed by atoms with Crippen LogP contribution in [0, 0.1) is 0 Å². The molecule has 1 saturated heterocycles. The number of carbonyl (C=O) groups is 1. The van der Waals surface area contributed by atoms with Crippen molar-refractivity contribution < 1.29 is 14.3 Å². The summed E-state index contributed by atoms with van der Waals surface area (Å²) in [5.74, 6) is 0.684. The van der Waals surface area contributed by atoms with E-state index in [4.69, 9.17) is 9.47 Å². The third-order valence-electron chi connectivity index (χ3n) is 3.75. The molecule has 1 fully saturated rings. The van der Waals surface area contributed by atoms with Crippen molar-refractivity contribution in [3.63, 3.8) is 0 Å². The Morgan fingerprint density at radius 3 is 2.58 bits per heavy atom. The van der Waals surface area contributed by atoms with Gasteiger partial charge in [0.05, 0.1) is 5.56 Å². The monoisotopic (exact) mass is 252 g/mol. The van der Waals surface area contributed by atoms with Crippen LogP contribution in [0.25, 0.3) is 0 Å². The molecule has 0 aromatic heterocycles. The van der Waals surface area contributed by atoms with Gasteiger partial charge in [-0.05, 0) is 17.7 Å². The fourth-order valence-electron chi connectivity index (χ4n) is 2.68. The Morgan fingerprint density at radius 2 is 1.74 bits per heavy atom. The summed E-state index contributed by atoms with van der Waals surface area (Å²) < 4.78 is 11.4. The number of fused-ring (bicyclic) bond motifs is 1. The first-order valence-corrected chi connectivity index (χ1v) is 6.31. The maximum Gasteiger partial charge on any atom is 0.205 e. The minimum Gasteiger partial charge on any atom is -0.489 e. The molecule has 2 aliphatic heterocycles. The highest BCUT2D eigenvalue weighted by molar-refractivity contribution is 6.07. The van der Waals surface area contributed by atoms with Gasteiger partial charge in [-0.1, -0.05) is 42.5 Å². The SMILES string of the molecule is O=C1c2ccccc2OC[C@]12O[C@H]2c1ccccc1. The largest absolute Gasteiger partial charge is 0.489 e. The predicted molar refractivity (Wildman–Crippen MR) is 69.3 cm³/mol. The first kappa shape index (κ1) is 10.8. The van der Waals surface area contributed by atoms with Crippen molar-refractivity contribution in [2.45, 2.75) is 11.7 Å². The van der Waals surface area contributed by atoms with Crippen LogP contribution < -0.4 is 4.74 Å². The normalized spacial score (nSPS) is 27.8. The lowest BCUT2D eigenvalue weighted by Gasteiger charge is -2.21. The fraction of sp³-hybridized carbons (Fsp3) is 0.188. The molecule has 4 rings (SSSR count). The number of benzene rings is 2. The molecule has 0 N–H and O–H groups in total. The molecule has 2 atom stereocenters. The van der Waals surface area contributed by atoms with Crippen LogP contribution in [0.2, 0.25) is 0 Å². The fourth-order valence-corrected chi connectivity index (χ4v) is 2.68. The Balaban J connectivity index is 1.71. The second kappa shape index (κ2) is 3.68. The summed E-state index contributed by atoms with van der Waals surface area (Å²) in [6, 6.07) is 17.1. The maximum absolute atomic E-state index is 12.6. The summed E-state index contributed by atoms with van der Waals surface area (Å²) in [4.78, 5) is 12.6. The number of ketones is 1. The molecule has 94 valence electrons. The van der Waals surface area contributed by atoms with Gasteiger partial charge in [-0.3, -0.25) is 4.79 Å². The molecule has 2 aromatic rings. The van der Waals surface area contributed by atoms with Crippen LogP contribution in [0.3, 0.4) is 0 Å². The van der Waals surface area contributed by atoms with Crippen LogP contribution in [0.4, 0.5) is 0 Å². The zero-order valence-electron chi connectivity index (χ0n) is 10.2. The zero-order valence-corrected chi connectivity index (χ0v) is 10.2. The highest BCUT2D eigenvalue weighted by Crippen LogP contribution is 2.54. The molecular weight excluding hydrogens is 240 g/mol. The Bertz CT molecular complexity index is 650. The van der Waals surface area contributed by atoms with Crippen LogP contribution in [0.1, 0.15) is 22.0 Å². The number of hydrogen-bond acceptors (Lipinski definition) is 3. The maximum atomic E-state index is 12.6. The van der Waals surface area contributed by atoms with E-state index in [0.29, 0.717) is 17.9 Å². The van der Waals surface area contributed by atoms with Crippen molar-refractivity contribution in [2.75, 3.05) is 6.61 Å². The minimum atomic E-state index is -0.810. The smallest absolute Gasteiger partial charge is 0.205 e. The molecule has 0 saturated carbocycles. The molecule has 1 spiro atoms. The zero-order chi connectivity index (χ0) is 12.9. The van der Waals surface area contributed by atoms with Crippen LogP contribution in [-0.4, -0.2) is 18.0 Å². The minimum absolute atomic E-state index is 0.0307. The van der Waals surface area contributed by atoms with E-state index in [9.17, 15) is 4.79 Å². The van der Waals surface area contributed by atoms with Crippen LogP contribution in [-0.2, 0) is 4.74 Å². The second-order valence-electron chi connectivity index (χ2n) is 4.91. The van der Waals surface area contributed by atoms with E-state index in [0.717, 1.165) is 5.56 Å². The summed E-state index contributed by atoms with van der Waals surface area (Å²) in [6.45, 7) is 0.294. The number of epoxide rings is 1. The van der Waals surface area contributed by atoms with E-state index in [2.05, 4.69) is 0 Å². The topological polar surface area (TPSA) is 38.8 Å². The van der Waals surface area contributed by atoms with Crippen molar-refractivity contribution in [3.05, 3.63) is 65.7 Å². The molecule has 3 heteroatoms. The number of rotatable bonds is 1. The summed E-state index contributed by atoms with van der Waals surface area (Å²) in [7, 11) is 0. The molecule has 0 radical (unpaired) electrons. The van der Waals surface area contributed by atoms with Crippen molar-refractivity contribution in [1.29, 1.82) is 0 Å². The highest BCUT2D eigenvalue weighted by atomic mass is 16.6. The lowest BCUT2D eigenvalue weighted by molar-refractivity contribution is 0.0755. The van der Waals surface area contributed by atoms with Crippen molar-refractivity contribution in [3.8, 4) is 5.75 Å². The van der Waals surface area contributed by atoms with Crippen molar-refractivity contribution >= 4 is 5.78 Å². The molecule has 0 aliphatic carbocycles. The molecule has 0 unspecified atom stereocenters. The number of ether oxygens (including phenoxy) is 2. The first-order valence-electron chi connectivity index (χ1n) is 6.31. The van der Waals surface area contributed by atoms with E-state index in [-0.39, 0.29) is 11.9 Å². The highest BCUT2D eigenvalue weighted by Gasteiger charge is 2.65. The average Bonchev–Trinajstić information content (AvgIpc) is 3.20. The summed E-state index contributed by atoms with van der Waals surface area (Å²) >= 11 is 0. The molecule has 2 heterocycles. The van der Waals surface area contributed by atoms with Gasteiger partial charge in [0.2, 0.25) is 5.78 Å². The Labute approximate surface area is 110 Å². The van der Waals surface area contributed by atoms with E-state index in [1.807, 2.05) is 48.5 Å². The molecule has 0 amide bonds. The predicted octanol–water partition coefficient (Wildman–Crippen LogP) is 2.77. The third kappa shape index (κ3) is 1.45. The first-order chi connectivity index (χ1) is 9.31. The number of Topliss-reactive ketones (excluding diaryl/α,β-unsaturated/α-hetero) is 1. The Kier molecular flexibility index (Phi) is 2.09. The molecule has 0 bridgehead atoms. The summed E-state index contributed by atoms with van der Waals surface area (Å²) in [5.41, 5.74) is 0.835. The average molecular weight is 252 g/mol. The standard InChI is InChI=1S/C16H12O3/c17-14-12-8-4-5-9-13(12)18-10-16(14)15(19-16)11-6-2-1-3-7-11/h1-9,15H,10H2/t15-,16-/m0/s1. The van der Waals surface area contributed by atoms with Gasteiger partial charge in [-0.15, -0.1) is 0 Å². The van der Waals surface area contributed by atoms with Crippen molar-refractivity contribution in [2.24, 2.45) is 0 Å². The van der Waals surface area contributed by atoms with E-state index < -0.39 is 5.60 Å². The molecule has 2 aromatic carbocycles. The molecular formula is C16H12O3. The van der Waals surface area contributed by atoms with Crippen LogP contribution >= 0.6 is 0 Å². The van der Waals surface area contributed by atoms with Gasteiger partial charge in [0, 0.05) is 0 Å². The number of hydrogen-bond donors (Lipinski definition) is 0.